The summed E-state index contributed by atoms with van der Waals surface area (Å²) in [6, 6.07) is 11.1. The van der Waals surface area contributed by atoms with Gasteiger partial charge in [0.25, 0.3) is 5.91 Å². The first-order valence-electron chi connectivity index (χ1n) is 8.59. The van der Waals surface area contributed by atoms with Crippen molar-refractivity contribution in [3.8, 4) is 5.82 Å². The van der Waals surface area contributed by atoms with Gasteiger partial charge < -0.3 is 10.6 Å². The average molecular weight is 429 g/mol. The highest BCUT2D eigenvalue weighted by molar-refractivity contribution is 9.10. The Morgan fingerprint density at radius 2 is 1.93 bits per heavy atom. The topological polar surface area (TPSA) is 84.7 Å². The van der Waals surface area contributed by atoms with Crippen molar-refractivity contribution in [3.63, 3.8) is 0 Å². The first-order valence-corrected chi connectivity index (χ1v) is 9.38. The van der Waals surface area contributed by atoms with Crippen molar-refractivity contribution in [2.45, 2.75) is 20.8 Å². The number of aryl methyl sites for hydroxylation is 3. The van der Waals surface area contributed by atoms with Gasteiger partial charge in [0.15, 0.2) is 5.82 Å². The summed E-state index contributed by atoms with van der Waals surface area (Å²) in [6.07, 6.45) is 0. The molecule has 0 aliphatic carbocycles. The third kappa shape index (κ3) is 4.91. The maximum atomic E-state index is 12.1. The van der Waals surface area contributed by atoms with E-state index >= 15 is 0 Å². The summed E-state index contributed by atoms with van der Waals surface area (Å²) in [5, 5.41) is 10.6. The van der Waals surface area contributed by atoms with E-state index in [1.165, 1.54) is 0 Å². The van der Waals surface area contributed by atoms with Gasteiger partial charge in [-0.3, -0.25) is 4.79 Å². The quantitative estimate of drug-likeness (QED) is 0.588. The van der Waals surface area contributed by atoms with Crippen molar-refractivity contribution in [3.05, 3.63) is 63.6 Å². The van der Waals surface area contributed by atoms with Gasteiger partial charge in [-0.1, -0.05) is 22.0 Å². The number of rotatable bonds is 6. The molecule has 3 aromatic rings. The maximum absolute atomic E-state index is 12.1. The van der Waals surface area contributed by atoms with Crippen molar-refractivity contribution in [2.24, 2.45) is 0 Å². The van der Waals surface area contributed by atoms with Crippen LogP contribution in [0.2, 0.25) is 0 Å². The fraction of sp³-hybridized carbons (Fsp3) is 0.263. The standard InChI is InChI=1S/C19H21BrN6O/c1-12-9-13(2)26(25-12)18-11-17(23-14(3)24-18)21-7-8-22-19(27)15-5-4-6-16(20)10-15/h4-6,9-11H,7-8H2,1-3H3,(H,22,27)(H,21,23,24). The minimum absolute atomic E-state index is 0.111. The highest BCUT2D eigenvalue weighted by Gasteiger charge is 2.09. The van der Waals surface area contributed by atoms with Gasteiger partial charge in [0.1, 0.15) is 11.6 Å². The normalized spacial score (nSPS) is 10.7. The Bertz CT molecular complexity index is 969. The summed E-state index contributed by atoms with van der Waals surface area (Å²) < 4.78 is 2.67. The highest BCUT2D eigenvalue weighted by atomic mass is 79.9. The van der Waals surface area contributed by atoms with Crippen LogP contribution < -0.4 is 10.6 Å². The van der Waals surface area contributed by atoms with Crippen molar-refractivity contribution in [1.82, 2.24) is 25.1 Å². The minimum Gasteiger partial charge on any atom is -0.368 e. The second-order valence-electron chi connectivity index (χ2n) is 6.19. The first-order chi connectivity index (χ1) is 12.9. The number of halogens is 1. The molecule has 0 saturated carbocycles. The van der Waals surface area contributed by atoms with Crippen LogP contribution in [0.1, 0.15) is 27.6 Å². The zero-order chi connectivity index (χ0) is 19.4. The minimum atomic E-state index is -0.111. The molecule has 2 N–H and O–H groups in total. The second kappa shape index (κ2) is 8.30. The Morgan fingerprint density at radius 3 is 2.63 bits per heavy atom. The van der Waals surface area contributed by atoms with Gasteiger partial charge in [-0.25, -0.2) is 14.6 Å². The zero-order valence-electron chi connectivity index (χ0n) is 15.5. The van der Waals surface area contributed by atoms with E-state index in [1.807, 2.05) is 45.0 Å². The number of nitrogens with one attached hydrogen (secondary N) is 2. The number of aromatic nitrogens is 4. The molecule has 0 atom stereocenters. The van der Waals surface area contributed by atoms with Gasteiger partial charge in [-0.2, -0.15) is 5.10 Å². The summed E-state index contributed by atoms with van der Waals surface area (Å²) in [4.78, 5) is 21.0. The molecule has 0 spiro atoms. The monoisotopic (exact) mass is 428 g/mol. The number of hydrogen-bond donors (Lipinski definition) is 2. The van der Waals surface area contributed by atoms with Gasteiger partial charge in [-0.05, 0) is 45.0 Å². The van der Waals surface area contributed by atoms with E-state index in [-0.39, 0.29) is 5.91 Å². The van der Waals surface area contributed by atoms with Gasteiger partial charge in [-0.15, -0.1) is 0 Å². The van der Waals surface area contributed by atoms with Crippen LogP contribution in [-0.4, -0.2) is 38.7 Å². The molecule has 1 amide bonds. The average Bonchev–Trinajstić information content (AvgIpc) is 2.96. The molecule has 27 heavy (non-hydrogen) atoms. The number of amides is 1. The van der Waals surface area contributed by atoms with Crippen molar-refractivity contribution in [2.75, 3.05) is 18.4 Å². The van der Waals surface area contributed by atoms with E-state index in [2.05, 4.69) is 41.6 Å². The predicted molar refractivity (Wildman–Crippen MR) is 108 cm³/mol. The van der Waals surface area contributed by atoms with E-state index in [1.54, 1.807) is 16.8 Å². The van der Waals surface area contributed by atoms with Crippen LogP contribution in [0.4, 0.5) is 5.82 Å². The van der Waals surface area contributed by atoms with E-state index in [4.69, 9.17) is 0 Å². The molecule has 2 aromatic heterocycles. The Kier molecular flexibility index (Phi) is 5.85. The summed E-state index contributed by atoms with van der Waals surface area (Å²) in [5.41, 5.74) is 2.57. The molecule has 2 heterocycles. The molecule has 7 nitrogen and oxygen atoms in total. The van der Waals surface area contributed by atoms with Crippen molar-refractivity contribution < 1.29 is 4.79 Å². The van der Waals surface area contributed by atoms with E-state index in [9.17, 15) is 4.79 Å². The van der Waals surface area contributed by atoms with Crippen LogP contribution in [0.25, 0.3) is 5.82 Å². The van der Waals surface area contributed by atoms with Crippen molar-refractivity contribution >= 4 is 27.7 Å². The summed E-state index contributed by atoms with van der Waals surface area (Å²) >= 11 is 3.37. The smallest absolute Gasteiger partial charge is 0.251 e. The van der Waals surface area contributed by atoms with Crippen LogP contribution in [0, 0.1) is 20.8 Å². The molecule has 3 rings (SSSR count). The Morgan fingerprint density at radius 1 is 1.11 bits per heavy atom. The number of carbonyl (C=O) groups is 1. The van der Waals surface area contributed by atoms with Crippen molar-refractivity contribution in [1.29, 1.82) is 0 Å². The first kappa shape index (κ1) is 19.0. The Balaban J connectivity index is 1.60. The molecule has 0 radical (unpaired) electrons. The summed E-state index contributed by atoms with van der Waals surface area (Å²) in [6.45, 7) is 6.80. The van der Waals surface area contributed by atoms with E-state index in [0.717, 1.165) is 15.9 Å². The molecule has 0 fully saturated rings. The third-order valence-corrected chi connectivity index (χ3v) is 4.35. The summed E-state index contributed by atoms with van der Waals surface area (Å²) in [7, 11) is 0. The molecule has 0 aliphatic heterocycles. The van der Waals surface area contributed by atoms with Gasteiger partial charge >= 0.3 is 0 Å². The van der Waals surface area contributed by atoms with Gasteiger partial charge in [0.2, 0.25) is 0 Å². The molecule has 0 aliphatic rings. The fourth-order valence-electron chi connectivity index (χ4n) is 2.71. The lowest BCUT2D eigenvalue weighted by Crippen LogP contribution is -2.29. The van der Waals surface area contributed by atoms with Crippen LogP contribution in [-0.2, 0) is 0 Å². The summed E-state index contributed by atoms with van der Waals surface area (Å²) in [5.74, 6) is 1.96. The zero-order valence-corrected chi connectivity index (χ0v) is 17.0. The van der Waals surface area contributed by atoms with Crippen LogP contribution in [0.5, 0.6) is 0 Å². The van der Waals surface area contributed by atoms with E-state index in [0.29, 0.717) is 36.1 Å². The van der Waals surface area contributed by atoms with Crippen LogP contribution in [0.3, 0.4) is 0 Å². The fourth-order valence-corrected chi connectivity index (χ4v) is 3.11. The lowest BCUT2D eigenvalue weighted by molar-refractivity contribution is 0.0955. The van der Waals surface area contributed by atoms with Crippen LogP contribution in [0.15, 0.2) is 40.9 Å². The molecule has 0 bridgehead atoms. The molecule has 140 valence electrons. The molecule has 0 unspecified atom stereocenters. The molecular formula is C19H21BrN6O. The maximum Gasteiger partial charge on any atom is 0.251 e. The SMILES string of the molecule is Cc1cc(C)n(-c2cc(NCCNC(=O)c3cccc(Br)c3)nc(C)n2)n1. The highest BCUT2D eigenvalue weighted by Crippen LogP contribution is 2.14. The molecule has 0 saturated heterocycles. The lowest BCUT2D eigenvalue weighted by atomic mass is 10.2. The predicted octanol–water partition coefficient (Wildman–Crippen LogP) is 3.19. The lowest BCUT2D eigenvalue weighted by Gasteiger charge is -2.10. The number of nitrogens with zero attached hydrogens (tertiary/aromatic N) is 4. The Hall–Kier alpha value is -2.74. The van der Waals surface area contributed by atoms with Crippen LogP contribution >= 0.6 is 15.9 Å². The van der Waals surface area contributed by atoms with Gasteiger partial charge in [0, 0.05) is 34.9 Å². The molecular weight excluding hydrogens is 408 g/mol. The Labute approximate surface area is 166 Å². The number of hydrogen-bond acceptors (Lipinski definition) is 5. The number of benzene rings is 1. The third-order valence-electron chi connectivity index (χ3n) is 3.85. The molecule has 8 heteroatoms. The largest absolute Gasteiger partial charge is 0.368 e. The molecule has 1 aromatic carbocycles. The van der Waals surface area contributed by atoms with Gasteiger partial charge in [0.05, 0.1) is 5.69 Å². The second-order valence-corrected chi connectivity index (χ2v) is 7.11. The number of carbonyl (C=O) groups excluding carboxylic acids is 1. The number of anilines is 1. The van der Waals surface area contributed by atoms with E-state index < -0.39 is 0 Å².